The first kappa shape index (κ1) is 15.8. The van der Waals surface area contributed by atoms with Crippen LogP contribution in [0.4, 0.5) is 0 Å². The first-order valence-corrected chi connectivity index (χ1v) is 8.30. The Hall–Kier alpha value is -0.590. The third-order valence-corrected chi connectivity index (χ3v) is 5.81. The molecule has 1 aliphatic carbocycles. The first-order valence-electron chi connectivity index (χ1n) is 8.30. The van der Waals surface area contributed by atoms with E-state index in [4.69, 9.17) is 0 Å². The fraction of sp³-hybridized carbons (Fsp3) is 0.941. The van der Waals surface area contributed by atoms with E-state index in [2.05, 4.69) is 31.7 Å². The molecule has 1 aliphatic heterocycles. The number of nitriles is 1. The van der Waals surface area contributed by atoms with E-state index < -0.39 is 11.0 Å². The normalized spacial score (nSPS) is 40.3. The van der Waals surface area contributed by atoms with Crippen LogP contribution in [0.15, 0.2) is 0 Å². The molecule has 0 spiro atoms. The zero-order valence-electron chi connectivity index (χ0n) is 13.4. The number of hydrogen-bond donors (Lipinski definition) is 1. The average Bonchev–Trinajstić information content (AvgIpc) is 2.63. The molecule has 1 saturated carbocycles. The van der Waals surface area contributed by atoms with Crippen LogP contribution in [0.5, 0.6) is 0 Å². The Labute approximate surface area is 124 Å². The van der Waals surface area contributed by atoms with Crippen molar-refractivity contribution in [3.8, 4) is 6.07 Å². The van der Waals surface area contributed by atoms with Crippen molar-refractivity contribution in [1.82, 2.24) is 4.90 Å². The molecule has 0 amide bonds. The van der Waals surface area contributed by atoms with Crippen molar-refractivity contribution in [2.24, 2.45) is 11.3 Å². The van der Waals surface area contributed by atoms with Crippen LogP contribution in [0.3, 0.4) is 0 Å². The maximum absolute atomic E-state index is 11.3. The Kier molecular flexibility index (Phi) is 4.76. The van der Waals surface area contributed by atoms with E-state index in [1.807, 2.05) is 0 Å². The molecule has 1 saturated heterocycles. The lowest BCUT2D eigenvalue weighted by molar-refractivity contribution is -0.0871. The Balaban J connectivity index is 2.14. The molecule has 2 fully saturated rings. The van der Waals surface area contributed by atoms with Crippen molar-refractivity contribution >= 4 is 0 Å². The second-order valence-corrected chi connectivity index (χ2v) is 7.39. The van der Waals surface area contributed by atoms with Gasteiger partial charge in [0.2, 0.25) is 0 Å². The van der Waals surface area contributed by atoms with Gasteiger partial charge in [0.05, 0.1) is 17.1 Å². The van der Waals surface area contributed by atoms with Crippen LogP contribution >= 0.6 is 0 Å². The van der Waals surface area contributed by atoms with Gasteiger partial charge in [-0.3, -0.25) is 0 Å². The Bertz CT molecular complexity index is 366. The average molecular weight is 278 g/mol. The number of rotatable bonds is 2. The fourth-order valence-electron chi connectivity index (χ4n) is 4.07. The molecule has 1 unspecified atom stereocenters. The highest BCUT2D eigenvalue weighted by Crippen LogP contribution is 2.50. The molecular formula is C17H30N2O. The molecule has 3 nitrogen and oxygen atoms in total. The Morgan fingerprint density at radius 2 is 1.80 bits per heavy atom. The van der Waals surface area contributed by atoms with Gasteiger partial charge in [0, 0.05) is 12.6 Å². The molecule has 20 heavy (non-hydrogen) atoms. The molecular weight excluding hydrogens is 248 g/mol. The molecule has 2 rings (SSSR count). The van der Waals surface area contributed by atoms with Gasteiger partial charge in [0.1, 0.15) is 0 Å². The molecule has 1 N–H and O–H groups in total. The highest BCUT2D eigenvalue weighted by molar-refractivity contribution is 5.13. The SMILES string of the molecule is CC1CCC(C#N)(C2(O)CCCN(C(C)C)CC2)CC1. The van der Waals surface area contributed by atoms with Gasteiger partial charge in [-0.2, -0.15) is 5.26 Å². The summed E-state index contributed by atoms with van der Waals surface area (Å²) in [6, 6.07) is 3.08. The third-order valence-electron chi connectivity index (χ3n) is 5.81. The summed E-state index contributed by atoms with van der Waals surface area (Å²) >= 11 is 0. The van der Waals surface area contributed by atoms with Crippen LogP contribution in [0, 0.1) is 22.7 Å². The topological polar surface area (TPSA) is 47.3 Å². The minimum Gasteiger partial charge on any atom is -0.388 e. The van der Waals surface area contributed by atoms with Gasteiger partial charge in [-0.15, -0.1) is 0 Å². The lowest BCUT2D eigenvalue weighted by atomic mass is 9.60. The van der Waals surface area contributed by atoms with Crippen molar-refractivity contribution in [3.05, 3.63) is 0 Å². The predicted molar refractivity (Wildman–Crippen MR) is 81.2 cm³/mol. The van der Waals surface area contributed by atoms with Crippen molar-refractivity contribution in [1.29, 1.82) is 5.26 Å². The summed E-state index contributed by atoms with van der Waals surface area (Å²) in [7, 11) is 0. The lowest BCUT2D eigenvalue weighted by Crippen LogP contribution is -2.50. The maximum atomic E-state index is 11.3. The molecule has 0 aromatic rings. The second kappa shape index (κ2) is 6.03. The monoisotopic (exact) mass is 278 g/mol. The zero-order valence-corrected chi connectivity index (χ0v) is 13.4. The molecule has 0 radical (unpaired) electrons. The number of aliphatic hydroxyl groups is 1. The van der Waals surface area contributed by atoms with Gasteiger partial charge in [0.15, 0.2) is 0 Å². The molecule has 2 aliphatic rings. The summed E-state index contributed by atoms with van der Waals surface area (Å²) in [5.41, 5.74) is -1.27. The molecule has 0 aromatic heterocycles. The van der Waals surface area contributed by atoms with E-state index in [0.717, 1.165) is 58.0 Å². The summed E-state index contributed by atoms with van der Waals surface area (Å²) in [5, 5.41) is 21.1. The van der Waals surface area contributed by atoms with E-state index in [1.165, 1.54) is 0 Å². The molecule has 114 valence electrons. The molecule has 0 aromatic carbocycles. The summed E-state index contributed by atoms with van der Waals surface area (Å²) in [5.74, 6) is 0.706. The van der Waals surface area contributed by atoms with E-state index in [9.17, 15) is 10.4 Å². The van der Waals surface area contributed by atoms with Crippen molar-refractivity contribution in [3.63, 3.8) is 0 Å². The number of likely N-dealkylation sites (tertiary alicyclic amines) is 1. The third kappa shape index (κ3) is 2.87. The zero-order chi connectivity index (χ0) is 14.8. The van der Waals surface area contributed by atoms with Gasteiger partial charge in [-0.05, 0) is 71.3 Å². The summed E-state index contributed by atoms with van der Waals surface area (Å²) in [6.07, 6.45) is 6.48. The van der Waals surface area contributed by atoms with Crippen LogP contribution in [0.2, 0.25) is 0 Å². The fourth-order valence-corrected chi connectivity index (χ4v) is 4.07. The Morgan fingerprint density at radius 3 is 2.35 bits per heavy atom. The second-order valence-electron chi connectivity index (χ2n) is 7.39. The quantitative estimate of drug-likeness (QED) is 0.843. The minimum atomic E-state index is -0.772. The van der Waals surface area contributed by atoms with Crippen LogP contribution in [-0.4, -0.2) is 34.7 Å². The van der Waals surface area contributed by atoms with Crippen LogP contribution in [0.25, 0.3) is 0 Å². The van der Waals surface area contributed by atoms with E-state index in [1.54, 1.807) is 0 Å². The lowest BCUT2D eigenvalue weighted by Gasteiger charge is -2.46. The van der Waals surface area contributed by atoms with Crippen LogP contribution in [-0.2, 0) is 0 Å². The highest BCUT2D eigenvalue weighted by atomic mass is 16.3. The van der Waals surface area contributed by atoms with Crippen molar-refractivity contribution in [2.75, 3.05) is 13.1 Å². The van der Waals surface area contributed by atoms with Gasteiger partial charge in [0.25, 0.3) is 0 Å². The summed E-state index contributed by atoms with van der Waals surface area (Å²) < 4.78 is 0. The van der Waals surface area contributed by atoms with Crippen molar-refractivity contribution < 1.29 is 5.11 Å². The maximum Gasteiger partial charge on any atom is 0.0861 e. The first-order chi connectivity index (χ1) is 9.42. The molecule has 1 heterocycles. The van der Waals surface area contributed by atoms with E-state index >= 15 is 0 Å². The van der Waals surface area contributed by atoms with Gasteiger partial charge < -0.3 is 10.0 Å². The highest BCUT2D eigenvalue weighted by Gasteiger charge is 2.52. The predicted octanol–water partition coefficient (Wildman–Crippen LogP) is 3.33. The molecule has 0 bridgehead atoms. The molecule has 1 atom stereocenters. The smallest absolute Gasteiger partial charge is 0.0861 e. The minimum absolute atomic E-state index is 0.494. The number of nitrogens with zero attached hydrogens (tertiary/aromatic N) is 2. The van der Waals surface area contributed by atoms with Crippen LogP contribution in [0.1, 0.15) is 65.7 Å². The number of hydrogen-bond acceptors (Lipinski definition) is 3. The van der Waals surface area contributed by atoms with Gasteiger partial charge >= 0.3 is 0 Å². The Morgan fingerprint density at radius 1 is 1.15 bits per heavy atom. The largest absolute Gasteiger partial charge is 0.388 e. The molecule has 3 heteroatoms. The van der Waals surface area contributed by atoms with Gasteiger partial charge in [-0.1, -0.05) is 6.92 Å². The summed E-state index contributed by atoms with van der Waals surface area (Å²) in [6.45, 7) is 8.67. The van der Waals surface area contributed by atoms with Gasteiger partial charge in [-0.25, -0.2) is 0 Å². The van der Waals surface area contributed by atoms with Crippen LogP contribution < -0.4 is 0 Å². The van der Waals surface area contributed by atoms with E-state index in [-0.39, 0.29) is 0 Å². The summed E-state index contributed by atoms with van der Waals surface area (Å²) in [4.78, 5) is 2.44. The standard InChI is InChI=1S/C17H30N2O/c1-14(2)19-11-4-7-17(20,10-12-19)16(13-18)8-5-15(3)6-9-16/h14-15,20H,4-12H2,1-3H3. The van der Waals surface area contributed by atoms with E-state index in [0.29, 0.717) is 12.0 Å². The van der Waals surface area contributed by atoms with Crippen molar-refractivity contribution in [2.45, 2.75) is 77.4 Å².